The molecule has 0 aliphatic heterocycles. The number of hydrogen-bond acceptors (Lipinski definition) is 3. The monoisotopic (exact) mass is 349 g/mol. The number of nitrogen functional groups attached to an aromatic ring is 1. The van der Waals surface area contributed by atoms with E-state index in [-0.39, 0.29) is 5.75 Å². The molecule has 0 heterocycles. The SMILES string of the molecule is Nc1cccc(Cl)c1SCc1cc(Cl)ccc1OC(F)F. The molecule has 0 aromatic heterocycles. The molecule has 112 valence electrons. The van der Waals surface area contributed by atoms with Gasteiger partial charge in [-0.2, -0.15) is 8.78 Å². The molecule has 0 spiro atoms. The molecule has 0 fully saturated rings. The molecule has 0 aliphatic rings. The molecule has 0 amide bonds. The summed E-state index contributed by atoms with van der Waals surface area (Å²) in [6.07, 6.45) is 0. The molecule has 0 unspecified atom stereocenters. The van der Waals surface area contributed by atoms with Crippen LogP contribution in [0, 0.1) is 0 Å². The molecule has 2 nitrogen and oxygen atoms in total. The summed E-state index contributed by atoms with van der Waals surface area (Å²) < 4.78 is 29.3. The van der Waals surface area contributed by atoms with Crippen molar-refractivity contribution >= 4 is 40.7 Å². The van der Waals surface area contributed by atoms with Gasteiger partial charge in [0.2, 0.25) is 0 Å². The molecular formula is C14H11Cl2F2NOS. The maximum absolute atomic E-state index is 12.4. The van der Waals surface area contributed by atoms with E-state index >= 15 is 0 Å². The average molecular weight is 350 g/mol. The fourth-order valence-corrected chi connectivity index (χ4v) is 3.21. The lowest BCUT2D eigenvalue weighted by molar-refractivity contribution is -0.0503. The minimum Gasteiger partial charge on any atom is -0.435 e. The highest BCUT2D eigenvalue weighted by atomic mass is 35.5. The Kier molecular flexibility index (Phi) is 5.56. The number of rotatable bonds is 5. The van der Waals surface area contributed by atoms with E-state index in [9.17, 15) is 8.78 Å². The van der Waals surface area contributed by atoms with Gasteiger partial charge >= 0.3 is 6.61 Å². The van der Waals surface area contributed by atoms with Gasteiger partial charge in [-0.1, -0.05) is 29.3 Å². The summed E-state index contributed by atoms with van der Waals surface area (Å²) in [5.74, 6) is 0.448. The van der Waals surface area contributed by atoms with Crippen molar-refractivity contribution in [3.8, 4) is 5.75 Å². The lowest BCUT2D eigenvalue weighted by Crippen LogP contribution is -2.04. The van der Waals surface area contributed by atoms with E-state index in [1.165, 1.54) is 23.9 Å². The third-order valence-electron chi connectivity index (χ3n) is 2.61. The predicted molar refractivity (Wildman–Crippen MR) is 83.5 cm³/mol. The second-order valence-corrected chi connectivity index (χ2v) is 5.91. The van der Waals surface area contributed by atoms with Crippen LogP contribution in [0.15, 0.2) is 41.3 Å². The van der Waals surface area contributed by atoms with Gasteiger partial charge in [-0.05, 0) is 30.3 Å². The van der Waals surface area contributed by atoms with Crippen LogP contribution in [0.2, 0.25) is 10.0 Å². The Morgan fingerprint density at radius 1 is 1.19 bits per heavy atom. The number of benzene rings is 2. The zero-order valence-corrected chi connectivity index (χ0v) is 13.0. The van der Waals surface area contributed by atoms with Crippen molar-refractivity contribution in [2.24, 2.45) is 0 Å². The van der Waals surface area contributed by atoms with Gasteiger partial charge in [-0.3, -0.25) is 0 Å². The van der Waals surface area contributed by atoms with Crippen molar-refractivity contribution in [1.29, 1.82) is 0 Å². The van der Waals surface area contributed by atoms with Gasteiger partial charge < -0.3 is 10.5 Å². The molecule has 0 saturated heterocycles. The maximum atomic E-state index is 12.4. The van der Waals surface area contributed by atoms with Crippen molar-refractivity contribution in [3.63, 3.8) is 0 Å². The summed E-state index contributed by atoms with van der Waals surface area (Å²) in [6.45, 7) is -2.89. The fraction of sp³-hybridized carbons (Fsp3) is 0.143. The van der Waals surface area contributed by atoms with E-state index < -0.39 is 6.61 Å². The topological polar surface area (TPSA) is 35.2 Å². The molecule has 0 radical (unpaired) electrons. The second kappa shape index (κ2) is 7.20. The fourth-order valence-electron chi connectivity index (χ4n) is 1.70. The molecule has 0 aliphatic carbocycles. The Hall–Kier alpha value is -1.17. The van der Waals surface area contributed by atoms with Crippen molar-refractivity contribution in [1.82, 2.24) is 0 Å². The Bertz CT molecular complexity index is 620. The van der Waals surface area contributed by atoms with Gasteiger partial charge in [-0.25, -0.2) is 0 Å². The van der Waals surface area contributed by atoms with Crippen LogP contribution in [-0.4, -0.2) is 6.61 Å². The summed E-state index contributed by atoms with van der Waals surface area (Å²) in [6, 6.07) is 9.68. The van der Waals surface area contributed by atoms with Crippen molar-refractivity contribution < 1.29 is 13.5 Å². The van der Waals surface area contributed by atoms with Gasteiger partial charge in [0.05, 0.1) is 5.02 Å². The zero-order valence-electron chi connectivity index (χ0n) is 10.7. The summed E-state index contributed by atoms with van der Waals surface area (Å²) in [7, 11) is 0. The van der Waals surface area contributed by atoms with Crippen LogP contribution < -0.4 is 10.5 Å². The quantitative estimate of drug-likeness (QED) is 0.574. The average Bonchev–Trinajstić information content (AvgIpc) is 2.40. The summed E-state index contributed by atoms with van der Waals surface area (Å²) >= 11 is 13.3. The number of hydrogen-bond donors (Lipinski definition) is 1. The van der Waals surface area contributed by atoms with E-state index in [0.717, 1.165) is 0 Å². The van der Waals surface area contributed by atoms with Crippen molar-refractivity contribution in [2.75, 3.05) is 5.73 Å². The van der Waals surface area contributed by atoms with Crippen molar-refractivity contribution in [2.45, 2.75) is 17.3 Å². The van der Waals surface area contributed by atoms with Crippen LogP contribution in [0.5, 0.6) is 5.75 Å². The highest BCUT2D eigenvalue weighted by molar-refractivity contribution is 7.98. The summed E-state index contributed by atoms with van der Waals surface area (Å²) in [4.78, 5) is 0.696. The first-order valence-corrected chi connectivity index (χ1v) is 7.61. The highest BCUT2D eigenvalue weighted by Crippen LogP contribution is 2.37. The second-order valence-electron chi connectivity index (χ2n) is 4.08. The first kappa shape index (κ1) is 16.2. The Morgan fingerprint density at radius 2 is 1.95 bits per heavy atom. The molecule has 2 aromatic carbocycles. The first-order chi connectivity index (χ1) is 9.97. The number of ether oxygens (including phenoxy) is 1. The Labute approximate surface area is 135 Å². The van der Waals surface area contributed by atoms with Crippen LogP contribution in [0.3, 0.4) is 0 Å². The van der Waals surface area contributed by atoms with Crippen LogP contribution in [-0.2, 0) is 5.75 Å². The Balaban J connectivity index is 2.21. The minimum atomic E-state index is -2.89. The van der Waals surface area contributed by atoms with E-state index in [0.29, 0.717) is 31.9 Å². The Morgan fingerprint density at radius 3 is 2.62 bits per heavy atom. The normalized spacial score (nSPS) is 10.9. The van der Waals surface area contributed by atoms with E-state index in [1.807, 2.05) is 0 Å². The smallest absolute Gasteiger partial charge is 0.387 e. The van der Waals surface area contributed by atoms with Gasteiger partial charge in [0.15, 0.2) is 0 Å². The molecule has 2 aromatic rings. The molecule has 0 bridgehead atoms. The number of thioether (sulfide) groups is 1. The van der Waals surface area contributed by atoms with Gasteiger partial charge in [-0.15, -0.1) is 11.8 Å². The van der Waals surface area contributed by atoms with Crippen LogP contribution in [0.4, 0.5) is 14.5 Å². The highest BCUT2D eigenvalue weighted by Gasteiger charge is 2.12. The molecular weight excluding hydrogens is 339 g/mol. The number of halogens is 4. The lowest BCUT2D eigenvalue weighted by Gasteiger charge is -2.12. The largest absolute Gasteiger partial charge is 0.435 e. The third kappa shape index (κ3) is 4.40. The zero-order chi connectivity index (χ0) is 15.4. The standard InChI is InChI=1S/C14H11Cl2F2NOS/c15-9-4-5-12(20-14(17)18)8(6-9)7-21-13-10(16)2-1-3-11(13)19/h1-6,14H,7,19H2. The summed E-state index contributed by atoms with van der Waals surface area (Å²) in [5, 5.41) is 0.956. The predicted octanol–water partition coefficient (Wildman–Crippen LogP) is 5.47. The van der Waals surface area contributed by atoms with Crippen molar-refractivity contribution in [3.05, 3.63) is 52.0 Å². The van der Waals surface area contributed by atoms with E-state index in [2.05, 4.69) is 4.74 Å². The van der Waals surface area contributed by atoms with Crippen LogP contribution in [0.25, 0.3) is 0 Å². The molecule has 7 heteroatoms. The number of anilines is 1. The third-order valence-corrected chi connectivity index (χ3v) is 4.47. The number of nitrogens with two attached hydrogens (primary N) is 1. The lowest BCUT2D eigenvalue weighted by atomic mass is 10.2. The molecule has 0 saturated carbocycles. The number of alkyl halides is 2. The molecule has 0 atom stereocenters. The minimum absolute atomic E-state index is 0.0903. The van der Waals surface area contributed by atoms with Gasteiger partial charge in [0.25, 0.3) is 0 Å². The van der Waals surface area contributed by atoms with Crippen LogP contribution >= 0.6 is 35.0 Å². The van der Waals surface area contributed by atoms with Gasteiger partial charge in [0.1, 0.15) is 5.75 Å². The van der Waals surface area contributed by atoms with E-state index in [4.69, 9.17) is 28.9 Å². The summed E-state index contributed by atoms with van der Waals surface area (Å²) in [5.41, 5.74) is 6.93. The van der Waals surface area contributed by atoms with Crippen LogP contribution in [0.1, 0.15) is 5.56 Å². The van der Waals surface area contributed by atoms with Gasteiger partial charge in [0, 0.05) is 26.9 Å². The molecule has 2 rings (SSSR count). The maximum Gasteiger partial charge on any atom is 0.387 e. The van der Waals surface area contributed by atoms with E-state index in [1.54, 1.807) is 24.3 Å². The molecule has 2 N–H and O–H groups in total. The first-order valence-electron chi connectivity index (χ1n) is 5.87. The molecule has 21 heavy (non-hydrogen) atoms.